The Morgan fingerprint density at radius 3 is 2.90 bits per heavy atom. The van der Waals surface area contributed by atoms with Crippen LogP contribution < -0.4 is 11.1 Å². The lowest BCUT2D eigenvalue weighted by Crippen LogP contribution is -2.27. The molecule has 1 amide bonds. The van der Waals surface area contributed by atoms with E-state index in [-0.39, 0.29) is 5.91 Å². The van der Waals surface area contributed by atoms with Crippen LogP contribution in [0, 0.1) is 0 Å². The highest BCUT2D eigenvalue weighted by Gasteiger charge is 2.16. The van der Waals surface area contributed by atoms with Crippen molar-refractivity contribution in [1.29, 1.82) is 0 Å². The Bertz CT molecular complexity index is 631. The van der Waals surface area contributed by atoms with E-state index in [2.05, 4.69) is 17.4 Å². The Morgan fingerprint density at radius 1 is 1.30 bits per heavy atom. The first-order valence-corrected chi connectivity index (χ1v) is 7.26. The number of aryl methyl sites for hydroxylation is 2. The van der Waals surface area contributed by atoms with Gasteiger partial charge in [0, 0.05) is 17.5 Å². The van der Waals surface area contributed by atoms with Crippen LogP contribution in [0.4, 0.5) is 0 Å². The molecule has 0 saturated carbocycles. The maximum atomic E-state index is 11.9. The van der Waals surface area contributed by atoms with E-state index in [9.17, 15) is 4.79 Å². The lowest BCUT2D eigenvalue weighted by atomic mass is 10.0. The number of hydrogen-bond acceptors (Lipinski definition) is 3. The van der Waals surface area contributed by atoms with Crippen molar-refractivity contribution in [3.05, 3.63) is 35.1 Å². The van der Waals surface area contributed by atoms with E-state index in [1.165, 1.54) is 17.5 Å². The zero-order chi connectivity index (χ0) is 13.9. The van der Waals surface area contributed by atoms with E-state index in [0.717, 1.165) is 35.8 Å². The molecule has 0 atom stereocenters. The van der Waals surface area contributed by atoms with E-state index in [1.54, 1.807) is 6.26 Å². The summed E-state index contributed by atoms with van der Waals surface area (Å²) in [6.45, 7) is 1.24. The Hall–Kier alpha value is -1.81. The number of rotatable bonds is 5. The predicted molar refractivity (Wildman–Crippen MR) is 78.6 cm³/mol. The number of nitrogens with two attached hydrogens (primary N) is 1. The maximum Gasteiger partial charge on any atom is 0.224 e. The van der Waals surface area contributed by atoms with Gasteiger partial charge >= 0.3 is 0 Å². The third-order valence-electron chi connectivity index (χ3n) is 3.92. The first-order chi connectivity index (χ1) is 9.78. The quantitative estimate of drug-likeness (QED) is 0.817. The van der Waals surface area contributed by atoms with Crippen LogP contribution in [0.25, 0.3) is 11.0 Å². The molecule has 0 fully saturated rings. The van der Waals surface area contributed by atoms with Crippen molar-refractivity contribution in [3.8, 4) is 0 Å². The van der Waals surface area contributed by atoms with Gasteiger partial charge < -0.3 is 15.5 Å². The zero-order valence-corrected chi connectivity index (χ0v) is 11.6. The highest BCUT2D eigenvalue weighted by Crippen LogP contribution is 2.30. The van der Waals surface area contributed by atoms with Gasteiger partial charge in [-0.15, -0.1) is 0 Å². The smallest absolute Gasteiger partial charge is 0.224 e. The first kappa shape index (κ1) is 13.2. The monoisotopic (exact) mass is 272 g/mol. The number of nitrogens with one attached hydrogen (secondary N) is 1. The van der Waals surface area contributed by atoms with E-state index in [0.29, 0.717) is 19.5 Å². The molecule has 0 unspecified atom stereocenters. The van der Waals surface area contributed by atoms with Crippen molar-refractivity contribution in [1.82, 2.24) is 5.32 Å². The topological polar surface area (TPSA) is 68.3 Å². The van der Waals surface area contributed by atoms with Crippen molar-refractivity contribution in [3.63, 3.8) is 0 Å². The Labute approximate surface area is 118 Å². The molecule has 2 aromatic rings. The van der Waals surface area contributed by atoms with Gasteiger partial charge in [0.1, 0.15) is 5.58 Å². The van der Waals surface area contributed by atoms with E-state index >= 15 is 0 Å². The summed E-state index contributed by atoms with van der Waals surface area (Å²) in [4.78, 5) is 11.9. The summed E-state index contributed by atoms with van der Waals surface area (Å²) in [5, 5.41) is 3.96. The molecule has 0 aliphatic heterocycles. The molecule has 1 aromatic carbocycles. The van der Waals surface area contributed by atoms with Crippen LogP contribution in [-0.2, 0) is 24.1 Å². The molecular formula is C16H20N2O2. The third kappa shape index (κ3) is 2.56. The van der Waals surface area contributed by atoms with E-state index in [4.69, 9.17) is 10.2 Å². The molecule has 4 heteroatoms. The molecule has 0 radical (unpaired) electrons. The van der Waals surface area contributed by atoms with Gasteiger partial charge in [-0.05, 0) is 55.5 Å². The summed E-state index contributed by atoms with van der Waals surface area (Å²) >= 11 is 0. The van der Waals surface area contributed by atoms with Crippen molar-refractivity contribution >= 4 is 16.9 Å². The van der Waals surface area contributed by atoms with Crippen LogP contribution in [0.5, 0.6) is 0 Å². The number of carbonyl (C=O) groups excluding carboxylic acids is 1. The molecule has 0 spiro atoms. The fourth-order valence-electron chi connectivity index (χ4n) is 2.85. The lowest BCUT2D eigenvalue weighted by Gasteiger charge is -2.04. The SMILES string of the molecule is NCCCNC(=O)Cc1coc2cc3c(cc12)CCC3. The summed E-state index contributed by atoms with van der Waals surface area (Å²) < 4.78 is 5.60. The van der Waals surface area contributed by atoms with Crippen molar-refractivity contribution in [2.75, 3.05) is 13.1 Å². The zero-order valence-electron chi connectivity index (χ0n) is 11.6. The highest BCUT2D eigenvalue weighted by molar-refractivity contribution is 5.88. The van der Waals surface area contributed by atoms with Crippen LogP contribution in [0.15, 0.2) is 22.8 Å². The van der Waals surface area contributed by atoms with Gasteiger partial charge in [0.25, 0.3) is 0 Å². The fraction of sp³-hybridized carbons (Fsp3) is 0.438. The van der Waals surface area contributed by atoms with Gasteiger partial charge in [-0.2, -0.15) is 0 Å². The normalized spacial score (nSPS) is 13.7. The number of carbonyl (C=O) groups is 1. The molecule has 4 nitrogen and oxygen atoms in total. The van der Waals surface area contributed by atoms with Crippen LogP contribution in [0.2, 0.25) is 0 Å². The molecule has 1 aliphatic carbocycles. The molecule has 20 heavy (non-hydrogen) atoms. The third-order valence-corrected chi connectivity index (χ3v) is 3.92. The predicted octanol–water partition coefficient (Wildman–Crippen LogP) is 1.93. The number of hydrogen-bond donors (Lipinski definition) is 2. The van der Waals surface area contributed by atoms with Gasteiger partial charge in [0.05, 0.1) is 12.7 Å². The summed E-state index contributed by atoms with van der Waals surface area (Å²) in [7, 11) is 0. The minimum absolute atomic E-state index is 0.0293. The van der Waals surface area contributed by atoms with Crippen molar-refractivity contribution in [2.45, 2.75) is 32.1 Å². The van der Waals surface area contributed by atoms with Crippen molar-refractivity contribution < 1.29 is 9.21 Å². The molecule has 1 heterocycles. The van der Waals surface area contributed by atoms with E-state index < -0.39 is 0 Å². The fourth-order valence-corrected chi connectivity index (χ4v) is 2.85. The largest absolute Gasteiger partial charge is 0.464 e. The first-order valence-electron chi connectivity index (χ1n) is 7.26. The summed E-state index contributed by atoms with van der Waals surface area (Å²) in [5.41, 5.74) is 10.1. The Balaban J connectivity index is 1.77. The van der Waals surface area contributed by atoms with Crippen LogP contribution in [0.3, 0.4) is 0 Å². The molecule has 0 saturated heterocycles. The average Bonchev–Trinajstić information content (AvgIpc) is 3.03. The second-order valence-electron chi connectivity index (χ2n) is 5.40. The highest BCUT2D eigenvalue weighted by atomic mass is 16.3. The number of amides is 1. The Morgan fingerprint density at radius 2 is 2.10 bits per heavy atom. The minimum Gasteiger partial charge on any atom is -0.464 e. The van der Waals surface area contributed by atoms with Gasteiger partial charge in [-0.1, -0.05) is 0 Å². The minimum atomic E-state index is 0.0293. The summed E-state index contributed by atoms with van der Waals surface area (Å²) in [6, 6.07) is 4.33. The van der Waals surface area contributed by atoms with Crippen LogP contribution >= 0.6 is 0 Å². The molecular weight excluding hydrogens is 252 g/mol. The number of furan rings is 1. The lowest BCUT2D eigenvalue weighted by molar-refractivity contribution is -0.120. The summed E-state index contributed by atoms with van der Waals surface area (Å²) in [5.74, 6) is 0.0293. The van der Waals surface area contributed by atoms with Crippen LogP contribution in [-0.4, -0.2) is 19.0 Å². The standard InChI is InChI=1S/C16H20N2O2/c17-5-2-6-18-16(19)9-13-10-20-15-8-12-4-1-3-11(12)7-14(13)15/h7-8,10H,1-6,9,17H2,(H,18,19). The molecule has 3 N–H and O–H groups in total. The maximum absolute atomic E-state index is 11.9. The molecule has 1 aliphatic rings. The van der Waals surface area contributed by atoms with Crippen molar-refractivity contribution in [2.24, 2.45) is 5.73 Å². The van der Waals surface area contributed by atoms with Gasteiger partial charge in [-0.25, -0.2) is 0 Å². The number of benzene rings is 1. The van der Waals surface area contributed by atoms with Gasteiger partial charge in [0.15, 0.2) is 0 Å². The second kappa shape index (κ2) is 5.67. The molecule has 0 bridgehead atoms. The molecule has 1 aromatic heterocycles. The second-order valence-corrected chi connectivity index (χ2v) is 5.40. The molecule has 3 rings (SSSR count). The van der Waals surface area contributed by atoms with Gasteiger partial charge in [0.2, 0.25) is 5.91 Å². The van der Waals surface area contributed by atoms with Crippen LogP contribution in [0.1, 0.15) is 29.5 Å². The number of fused-ring (bicyclic) bond motifs is 2. The summed E-state index contributed by atoms with van der Waals surface area (Å²) in [6.07, 6.45) is 6.39. The Kier molecular flexibility index (Phi) is 3.74. The van der Waals surface area contributed by atoms with E-state index in [1.807, 2.05) is 0 Å². The molecule has 106 valence electrons. The van der Waals surface area contributed by atoms with Gasteiger partial charge in [-0.3, -0.25) is 4.79 Å². The average molecular weight is 272 g/mol.